The quantitative estimate of drug-likeness (QED) is 0.906. The van der Waals surface area contributed by atoms with Gasteiger partial charge in [-0.25, -0.2) is 4.79 Å². The fourth-order valence-corrected chi connectivity index (χ4v) is 3.08. The molecule has 1 amide bonds. The summed E-state index contributed by atoms with van der Waals surface area (Å²) in [4.78, 5) is 28.4. The van der Waals surface area contributed by atoms with Gasteiger partial charge in [-0.3, -0.25) is 9.69 Å². The number of H-pyrrole nitrogens is 1. The van der Waals surface area contributed by atoms with E-state index in [0.717, 1.165) is 35.7 Å². The summed E-state index contributed by atoms with van der Waals surface area (Å²) in [5.41, 5.74) is 1.09. The Labute approximate surface area is 153 Å². The predicted molar refractivity (Wildman–Crippen MR) is 99.9 cm³/mol. The fraction of sp³-hybridized carbons (Fsp3) is 0.500. The number of pyridine rings is 1. The van der Waals surface area contributed by atoms with Crippen LogP contribution in [-0.4, -0.2) is 34.4 Å². The number of fused-ring (bicyclic) bond motifs is 1. The van der Waals surface area contributed by atoms with Gasteiger partial charge in [-0.1, -0.05) is 12.1 Å². The standard InChI is InChI=1S/C20H26N2O4/c1-20(2,3)26-19(24)22-11-5-4-6-18(22)25-13-14-7-8-15-9-10-17(23)21-16(15)12-14/h7-10,12,18H,4-6,11,13H2,1-3H3,(H,21,23). The van der Waals surface area contributed by atoms with Gasteiger partial charge in [-0.15, -0.1) is 0 Å². The number of likely N-dealkylation sites (tertiary alicyclic amines) is 1. The Morgan fingerprint density at radius 3 is 2.77 bits per heavy atom. The average molecular weight is 358 g/mol. The van der Waals surface area contributed by atoms with E-state index >= 15 is 0 Å². The minimum absolute atomic E-state index is 0.126. The predicted octanol–water partition coefficient (Wildman–Crippen LogP) is 3.79. The van der Waals surface area contributed by atoms with Crippen LogP contribution in [-0.2, 0) is 16.1 Å². The molecule has 140 valence electrons. The lowest BCUT2D eigenvalue weighted by Gasteiger charge is -2.36. The summed E-state index contributed by atoms with van der Waals surface area (Å²) in [5, 5.41) is 0.974. The number of ether oxygens (including phenoxy) is 2. The summed E-state index contributed by atoms with van der Waals surface area (Å²) >= 11 is 0. The number of benzene rings is 1. The lowest BCUT2D eigenvalue weighted by atomic mass is 10.1. The van der Waals surface area contributed by atoms with Crippen molar-refractivity contribution in [2.75, 3.05) is 6.54 Å². The Bertz CT molecular complexity index is 838. The van der Waals surface area contributed by atoms with Crippen LogP contribution in [0.1, 0.15) is 45.6 Å². The fourth-order valence-electron chi connectivity index (χ4n) is 3.08. The molecule has 6 heteroatoms. The maximum absolute atomic E-state index is 12.4. The number of piperidine rings is 1. The number of hydrogen-bond donors (Lipinski definition) is 1. The highest BCUT2D eigenvalue weighted by Gasteiger charge is 2.31. The van der Waals surface area contributed by atoms with E-state index < -0.39 is 5.60 Å². The molecule has 1 aliphatic heterocycles. The molecule has 3 rings (SSSR count). The van der Waals surface area contributed by atoms with Crippen LogP contribution in [0.2, 0.25) is 0 Å². The van der Waals surface area contributed by atoms with Crippen LogP contribution in [0.3, 0.4) is 0 Å². The third-order valence-electron chi connectivity index (χ3n) is 4.31. The third-order valence-corrected chi connectivity index (χ3v) is 4.31. The van der Waals surface area contributed by atoms with Crippen LogP contribution >= 0.6 is 0 Å². The number of rotatable bonds is 3. The Morgan fingerprint density at radius 1 is 1.23 bits per heavy atom. The summed E-state index contributed by atoms with van der Waals surface area (Å²) in [6.07, 6.45) is 2.16. The summed E-state index contributed by atoms with van der Waals surface area (Å²) in [6, 6.07) is 9.15. The molecule has 2 aromatic rings. The van der Waals surface area contributed by atoms with Gasteiger partial charge in [0.25, 0.3) is 0 Å². The highest BCUT2D eigenvalue weighted by atomic mass is 16.6. The number of hydrogen-bond acceptors (Lipinski definition) is 4. The molecule has 6 nitrogen and oxygen atoms in total. The molecule has 2 heterocycles. The van der Waals surface area contributed by atoms with Crippen LogP contribution in [0.15, 0.2) is 35.1 Å². The number of amides is 1. The maximum atomic E-state index is 12.4. The van der Waals surface area contributed by atoms with Crippen molar-refractivity contribution >= 4 is 17.0 Å². The van der Waals surface area contributed by atoms with Gasteiger partial charge in [0.1, 0.15) is 11.8 Å². The Kier molecular flexibility index (Phi) is 5.32. The number of carbonyl (C=O) groups is 1. The summed E-state index contributed by atoms with van der Waals surface area (Å²) in [6.45, 7) is 6.60. The Morgan fingerprint density at radius 2 is 2.00 bits per heavy atom. The summed E-state index contributed by atoms with van der Waals surface area (Å²) in [7, 11) is 0. The SMILES string of the molecule is CC(C)(C)OC(=O)N1CCCCC1OCc1ccc2ccc(=O)[nH]c2c1. The van der Waals surface area contributed by atoms with Crippen molar-refractivity contribution in [3.63, 3.8) is 0 Å². The van der Waals surface area contributed by atoms with Crippen molar-refractivity contribution in [3.05, 3.63) is 46.2 Å². The van der Waals surface area contributed by atoms with E-state index in [2.05, 4.69) is 4.98 Å². The first-order chi connectivity index (χ1) is 12.3. The van der Waals surface area contributed by atoms with Gasteiger partial charge >= 0.3 is 6.09 Å². The molecular weight excluding hydrogens is 332 g/mol. The number of aromatic nitrogens is 1. The second kappa shape index (κ2) is 7.50. The van der Waals surface area contributed by atoms with E-state index in [1.54, 1.807) is 11.0 Å². The normalized spacial score (nSPS) is 18.1. The smallest absolute Gasteiger partial charge is 0.412 e. The zero-order valence-corrected chi connectivity index (χ0v) is 15.6. The second-order valence-corrected chi connectivity index (χ2v) is 7.68. The Balaban J connectivity index is 1.68. The zero-order chi connectivity index (χ0) is 18.7. The number of aromatic amines is 1. The molecule has 1 unspecified atom stereocenters. The highest BCUT2D eigenvalue weighted by Crippen LogP contribution is 2.23. The number of nitrogens with zero attached hydrogens (tertiary/aromatic N) is 1. The number of nitrogens with one attached hydrogen (secondary N) is 1. The second-order valence-electron chi connectivity index (χ2n) is 7.68. The molecular formula is C20H26N2O4. The van der Waals surface area contributed by atoms with Crippen LogP contribution in [0.4, 0.5) is 4.79 Å². The zero-order valence-electron chi connectivity index (χ0n) is 15.6. The van der Waals surface area contributed by atoms with Crippen LogP contribution in [0, 0.1) is 0 Å². The molecule has 0 radical (unpaired) electrons. The molecule has 1 aromatic heterocycles. The molecule has 1 atom stereocenters. The lowest BCUT2D eigenvalue weighted by Crippen LogP contribution is -2.47. The molecule has 0 spiro atoms. The van der Waals surface area contributed by atoms with Crippen LogP contribution < -0.4 is 5.56 Å². The molecule has 0 bridgehead atoms. The van der Waals surface area contributed by atoms with E-state index in [9.17, 15) is 9.59 Å². The van der Waals surface area contributed by atoms with Gasteiger partial charge in [0, 0.05) is 18.1 Å². The van der Waals surface area contributed by atoms with E-state index in [4.69, 9.17) is 9.47 Å². The first-order valence-corrected chi connectivity index (χ1v) is 9.05. The van der Waals surface area contributed by atoms with Gasteiger partial charge < -0.3 is 14.5 Å². The summed E-state index contributed by atoms with van der Waals surface area (Å²) < 4.78 is 11.5. The van der Waals surface area contributed by atoms with Crippen LogP contribution in [0.25, 0.3) is 10.9 Å². The van der Waals surface area contributed by atoms with E-state index in [0.29, 0.717) is 13.2 Å². The van der Waals surface area contributed by atoms with Gasteiger partial charge in [0.15, 0.2) is 0 Å². The topological polar surface area (TPSA) is 71.6 Å². The molecule has 1 N–H and O–H groups in total. The molecule has 0 saturated carbocycles. The van der Waals surface area contributed by atoms with Crippen molar-refractivity contribution in [1.82, 2.24) is 9.88 Å². The lowest BCUT2D eigenvalue weighted by molar-refractivity contribution is -0.0897. The van der Waals surface area contributed by atoms with Gasteiger partial charge in [-0.05, 0) is 63.1 Å². The van der Waals surface area contributed by atoms with E-state index in [-0.39, 0.29) is 17.9 Å². The van der Waals surface area contributed by atoms with E-state index in [1.807, 2.05) is 39.0 Å². The van der Waals surface area contributed by atoms with Crippen molar-refractivity contribution in [1.29, 1.82) is 0 Å². The van der Waals surface area contributed by atoms with Gasteiger partial charge in [0.05, 0.1) is 6.61 Å². The minimum atomic E-state index is -0.525. The van der Waals surface area contributed by atoms with Crippen molar-refractivity contribution < 1.29 is 14.3 Å². The van der Waals surface area contributed by atoms with Gasteiger partial charge in [0.2, 0.25) is 5.56 Å². The van der Waals surface area contributed by atoms with Crippen molar-refractivity contribution in [2.24, 2.45) is 0 Å². The molecule has 26 heavy (non-hydrogen) atoms. The average Bonchev–Trinajstić information content (AvgIpc) is 2.58. The highest BCUT2D eigenvalue weighted by molar-refractivity contribution is 5.78. The molecule has 1 fully saturated rings. The van der Waals surface area contributed by atoms with Crippen molar-refractivity contribution in [2.45, 2.75) is 58.5 Å². The molecule has 0 aliphatic carbocycles. The molecule has 1 aliphatic rings. The van der Waals surface area contributed by atoms with E-state index in [1.165, 1.54) is 6.07 Å². The maximum Gasteiger partial charge on any atom is 0.412 e. The first kappa shape index (κ1) is 18.5. The largest absolute Gasteiger partial charge is 0.444 e. The third kappa shape index (κ3) is 4.64. The summed E-state index contributed by atoms with van der Waals surface area (Å²) in [5.74, 6) is 0. The number of carbonyl (C=O) groups excluding carboxylic acids is 1. The first-order valence-electron chi connectivity index (χ1n) is 9.05. The molecule has 1 saturated heterocycles. The monoisotopic (exact) mass is 358 g/mol. The van der Waals surface area contributed by atoms with Gasteiger partial charge in [-0.2, -0.15) is 0 Å². The molecule has 1 aromatic carbocycles. The minimum Gasteiger partial charge on any atom is -0.444 e. The Hall–Kier alpha value is -2.34. The van der Waals surface area contributed by atoms with Crippen LogP contribution in [0.5, 0.6) is 0 Å². The van der Waals surface area contributed by atoms with Crippen molar-refractivity contribution in [3.8, 4) is 0 Å².